The molecule has 0 aromatic heterocycles. The molecule has 20 heavy (non-hydrogen) atoms. The van der Waals surface area contributed by atoms with E-state index in [9.17, 15) is 4.39 Å². The number of benzene rings is 2. The third-order valence-corrected chi connectivity index (χ3v) is 2.64. The molecule has 0 unspecified atom stereocenters. The first-order valence-corrected chi connectivity index (χ1v) is 6.35. The maximum Gasteiger partial charge on any atom is 0.123 e. The second kappa shape index (κ2) is 7.32. The zero-order valence-electron chi connectivity index (χ0n) is 11.0. The molecule has 0 amide bonds. The Morgan fingerprint density at radius 1 is 1.00 bits per heavy atom. The third kappa shape index (κ3) is 4.42. The predicted molar refractivity (Wildman–Crippen MR) is 75.8 cm³/mol. The first kappa shape index (κ1) is 14.1. The topological polar surface area (TPSA) is 29.5 Å². The Bertz CT molecular complexity index is 592. The summed E-state index contributed by atoms with van der Waals surface area (Å²) in [6, 6.07) is 13.6. The monoisotopic (exact) mass is 270 g/mol. The van der Waals surface area contributed by atoms with E-state index in [-0.39, 0.29) is 12.4 Å². The quantitative estimate of drug-likeness (QED) is 0.865. The predicted octanol–water partition coefficient (Wildman–Crippen LogP) is 3.14. The van der Waals surface area contributed by atoms with Gasteiger partial charge in [-0.2, -0.15) is 0 Å². The average Bonchev–Trinajstić information content (AvgIpc) is 2.48. The molecule has 0 atom stereocenters. The van der Waals surface area contributed by atoms with Gasteiger partial charge in [-0.05, 0) is 42.0 Å². The second-order valence-corrected chi connectivity index (χ2v) is 4.21. The van der Waals surface area contributed by atoms with Crippen molar-refractivity contribution in [1.82, 2.24) is 0 Å². The van der Waals surface area contributed by atoms with E-state index in [2.05, 4.69) is 11.8 Å². The van der Waals surface area contributed by atoms with Crippen LogP contribution in [0.15, 0.2) is 48.5 Å². The van der Waals surface area contributed by atoms with Crippen molar-refractivity contribution < 1.29 is 14.2 Å². The molecular weight excluding hydrogens is 255 g/mol. The highest BCUT2D eigenvalue weighted by Gasteiger charge is 1.97. The first-order valence-electron chi connectivity index (χ1n) is 6.35. The molecule has 2 nitrogen and oxygen atoms in total. The molecule has 2 rings (SSSR count). The highest BCUT2D eigenvalue weighted by molar-refractivity contribution is 5.36. The van der Waals surface area contributed by atoms with Gasteiger partial charge in [0.2, 0.25) is 0 Å². The Kier molecular flexibility index (Phi) is 5.16. The lowest BCUT2D eigenvalue weighted by molar-refractivity contribution is 0.305. The van der Waals surface area contributed by atoms with Crippen LogP contribution in [0.25, 0.3) is 0 Å². The SMILES string of the molecule is OCCC#Cc1ccc(COc2ccc(F)cc2)cc1. The van der Waals surface area contributed by atoms with E-state index >= 15 is 0 Å². The number of aliphatic hydroxyl groups is 1. The van der Waals surface area contributed by atoms with E-state index in [1.165, 1.54) is 12.1 Å². The van der Waals surface area contributed by atoms with Gasteiger partial charge in [-0.25, -0.2) is 4.39 Å². The molecule has 0 radical (unpaired) electrons. The van der Waals surface area contributed by atoms with Gasteiger partial charge in [0.1, 0.15) is 18.2 Å². The molecular formula is C17H15FO2. The zero-order chi connectivity index (χ0) is 14.2. The minimum absolute atomic E-state index is 0.0800. The van der Waals surface area contributed by atoms with Crippen molar-refractivity contribution in [3.8, 4) is 17.6 Å². The summed E-state index contributed by atoms with van der Waals surface area (Å²) in [5, 5.41) is 8.64. The van der Waals surface area contributed by atoms with Gasteiger partial charge in [-0.1, -0.05) is 24.0 Å². The highest BCUT2D eigenvalue weighted by Crippen LogP contribution is 2.13. The van der Waals surface area contributed by atoms with Gasteiger partial charge < -0.3 is 9.84 Å². The lowest BCUT2D eigenvalue weighted by Crippen LogP contribution is -1.95. The van der Waals surface area contributed by atoms with Gasteiger partial charge in [0.15, 0.2) is 0 Å². The van der Waals surface area contributed by atoms with Crippen LogP contribution in [-0.2, 0) is 6.61 Å². The van der Waals surface area contributed by atoms with Crippen LogP contribution >= 0.6 is 0 Å². The molecule has 2 aromatic rings. The fourth-order valence-corrected chi connectivity index (χ4v) is 1.60. The van der Waals surface area contributed by atoms with Crippen molar-refractivity contribution >= 4 is 0 Å². The molecule has 0 bridgehead atoms. The molecule has 0 aliphatic rings. The molecule has 0 aliphatic carbocycles. The Balaban J connectivity index is 1.91. The summed E-state index contributed by atoms with van der Waals surface area (Å²) in [6.07, 6.45) is 0.482. The number of halogens is 1. The van der Waals surface area contributed by atoms with E-state index in [0.717, 1.165) is 11.1 Å². The number of rotatable bonds is 4. The minimum atomic E-state index is -0.275. The fraction of sp³-hybridized carbons (Fsp3) is 0.176. The standard InChI is InChI=1S/C17H15FO2/c18-16-8-10-17(11-9-16)20-13-15-6-4-14(5-7-15)3-1-2-12-19/h4-11,19H,2,12-13H2. The van der Waals surface area contributed by atoms with Crippen LogP contribution in [0.5, 0.6) is 5.75 Å². The largest absolute Gasteiger partial charge is 0.489 e. The Hall–Kier alpha value is -2.31. The summed E-state index contributed by atoms with van der Waals surface area (Å²) in [4.78, 5) is 0. The summed E-state index contributed by atoms with van der Waals surface area (Å²) in [7, 11) is 0. The maximum absolute atomic E-state index is 12.7. The fourth-order valence-electron chi connectivity index (χ4n) is 1.60. The van der Waals surface area contributed by atoms with Crippen molar-refractivity contribution in [1.29, 1.82) is 0 Å². The summed E-state index contributed by atoms with van der Waals surface area (Å²) in [5.41, 5.74) is 1.92. The van der Waals surface area contributed by atoms with Gasteiger partial charge in [0.05, 0.1) is 6.61 Å². The molecule has 3 heteroatoms. The lowest BCUT2D eigenvalue weighted by Gasteiger charge is -2.06. The average molecular weight is 270 g/mol. The highest BCUT2D eigenvalue weighted by atomic mass is 19.1. The van der Waals surface area contributed by atoms with E-state index in [1.54, 1.807) is 12.1 Å². The maximum atomic E-state index is 12.7. The molecule has 0 saturated heterocycles. The third-order valence-electron chi connectivity index (χ3n) is 2.64. The summed E-state index contributed by atoms with van der Waals surface area (Å²) >= 11 is 0. The smallest absolute Gasteiger partial charge is 0.123 e. The van der Waals surface area contributed by atoms with Gasteiger partial charge in [-0.15, -0.1) is 0 Å². The van der Waals surface area contributed by atoms with E-state index in [4.69, 9.17) is 9.84 Å². The van der Waals surface area contributed by atoms with Crippen LogP contribution in [0.4, 0.5) is 4.39 Å². The van der Waals surface area contributed by atoms with Crippen LogP contribution in [0.2, 0.25) is 0 Å². The molecule has 0 fully saturated rings. The van der Waals surface area contributed by atoms with Gasteiger partial charge >= 0.3 is 0 Å². The van der Waals surface area contributed by atoms with Gasteiger partial charge in [0.25, 0.3) is 0 Å². The lowest BCUT2D eigenvalue weighted by atomic mass is 10.1. The van der Waals surface area contributed by atoms with E-state index in [1.807, 2.05) is 24.3 Å². The number of aliphatic hydroxyl groups excluding tert-OH is 1. The first-order chi connectivity index (χ1) is 9.78. The van der Waals surface area contributed by atoms with Crippen molar-refractivity contribution in [2.24, 2.45) is 0 Å². The summed E-state index contributed by atoms with van der Waals surface area (Å²) in [5.74, 6) is 6.19. The molecule has 0 spiro atoms. The molecule has 0 aliphatic heterocycles. The second-order valence-electron chi connectivity index (χ2n) is 4.21. The molecule has 0 heterocycles. The minimum Gasteiger partial charge on any atom is -0.489 e. The molecule has 0 saturated carbocycles. The van der Waals surface area contributed by atoms with Gasteiger partial charge in [-0.3, -0.25) is 0 Å². The van der Waals surface area contributed by atoms with Crippen molar-refractivity contribution in [3.05, 3.63) is 65.5 Å². The molecule has 102 valence electrons. The van der Waals surface area contributed by atoms with Crippen molar-refractivity contribution in [3.63, 3.8) is 0 Å². The van der Waals surface area contributed by atoms with Crippen LogP contribution in [0, 0.1) is 17.7 Å². The van der Waals surface area contributed by atoms with E-state index in [0.29, 0.717) is 18.8 Å². The Morgan fingerprint density at radius 3 is 2.35 bits per heavy atom. The number of ether oxygens (including phenoxy) is 1. The Morgan fingerprint density at radius 2 is 1.70 bits per heavy atom. The Labute approximate surface area is 117 Å². The summed E-state index contributed by atoms with van der Waals surface area (Å²) in [6.45, 7) is 0.507. The zero-order valence-corrected chi connectivity index (χ0v) is 11.0. The number of hydrogen-bond donors (Lipinski definition) is 1. The normalized spacial score (nSPS) is 9.70. The number of hydrogen-bond acceptors (Lipinski definition) is 2. The van der Waals surface area contributed by atoms with Crippen LogP contribution in [0.3, 0.4) is 0 Å². The van der Waals surface area contributed by atoms with Crippen LogP contribution in [0.1, 0.15) is 17.5 Å². The van der Waals surface area contributed by atoms with E-state index < -0.39 is 0 Å². The molecule has 1 N–H and O–H groups in total. The van der Waals surface area contributed by atoms with Crippen molar-refractivity contribution in [2.75, 3.05) is 6.61 Å². The summed E-state index contributed by atoms with van der Waals surface area (Å²) < 4.78 is 18.3. The van der Waals surface area contributed by atoms with Crippen molar-refractivity contribution in [2.45, 2.75) is 13.0 Å². The molecule has 2 aromatic carbocycles. The van der Waals surface area contributed by atoms with Gasteiger partial charge in [0, 0.05) is 12.0 Å². The van der Waals surface area contributed by atoms with Crippen LogP contribution < -0.4 is 4.74 Å². The van der Waals surface area contributed by atoms with Crippen LogP contribution in [-0.4, -0.2) is 11.7 Å².